The summed E-state index contributed by atoms with van der Waals surface area (Å²) in [5, 5.41) is 11.1. The van der Waals surface area contributed by atoms with Gasteiger partial charge < -0.3 is 10.5 Å². The van der Waals surface area contributed by atoms with E-state index in [0.29, 0.717) is 5.92 Å². The topological polar surface area (TPSA) is 104 Å². The van der Waals surface area contributed by atoms with Crippen LogP contribution >= 0.6 is 0 Å². The lowest BCUT2D eigenvalue weighted by atomic mass is 9.88. The van der Waals surface area contributed by atoms with Crippen LogP contribution in [0.5, 0.6) is 5.88 Å². The molecule has 1 aromatic heterocycles. The van der Waals surface area contributed by atoms with Crippen LogP contribution in [0.1, 0.15) is 38.3 Å². The van der Waals surface area contributed by atoms with Crippen molar-refractivity contribution in [2.45, 2.75) is 45.6 Å². The first-order valence-corrected chi connectivity index (χ1v) is 6.44. The summed E-state index contributed by atoms with van der Waals surface area (Å²) >= 11 is 0. The molecule has 0 spiro atoms. The van der Waals surface area contributed by atoms with Gasteiger partial charge in [0.15, 0.2) is 0 Å². The Hall–Kier alpha value is -1.92. The van der Waals surface area contributed by atoms with Crippen molar-refractivity contribution < 1.29 is 9.66 Å². The highest BCUT2D eigenvalue weighted by atomic mass is 16.6. The molecule has 2 unspecified atom stereocenters. The van der Waals surface area contributed by atoms with Gasteiger partial charge in [0.05, 0.1) is 4.92 Å². The van der Waals surface area contributed by atoms with Crippen LogP contribution < -0.4 is 10.5 Å². The van der Waals surface area contributed by atoms with Gasteiger partial charge >= 0.3 is 5.69 Å². The maximum atomic E-state index is 11.1. The molecule has 1 saturated carbocycles. The molecular weight excluding hydrogens is 248 g/mol. The third kappa shape index (κ3) is 2.91. The van der Waals surface area contributed by atoms with E-state index in [9.17, 15) is 10.1 Å². The molecule has 0 radical (unpaired) electrons. The maximum absolute atomic E-state index is 11.1. The monoisotopic (exact) mass is 266 g/mol. The molecule has 2 N–H and O–H groups in total. The van der Waals surface area contributed by atoms with Crippen molar-refractivity contribution in [2.24, 2.45) is 5.92 Å². The van der Waals surface area contributed by atoms with Crippen LogP contribution in [0, 0.1) is 23.0 Å². The quantitative estimate of drug-likeness (QED) is 0.664. The Labute approximate surface area is 111 Å². The highest BCUT2D eigenvalue weighted by Crippen LogP contribution is 2.33. The second kappa shape index (κ2) is 5.38. The number of ether oxygens (including phenoxy) is 1. The average molecular weight is 266 g/mol. The Morgan fingerprint density at radius 1 is 1.37 bits per heavy atom. The van der Waals surface area contributed by atoms with Gasteiger partial charge in [0.25, 0.3) is 5.88 Å². The fourth-order valence-electron chi connectivity index (χ4n) is 2.45. The van der Waals surface area contributed by atoms with Gasteiger partial charge in [-0.3, -0.25) is 10.1 Å². The summed E-state index contributed by atoms with van der Waals surface area (Å²) < 4.78 is 5.75. The van der Waals surface area contributed by atoms with Crippen molar-refractivity contribution in [1.82, 2.24) is 9.97 Å². The first-order chi connectivity index (χ1) is 8.99. The molecule has 0 amide bonds. The minimum absolute atomic E-state index is 0.00145. The van der Waals surface area contributed by atoms with Gasteiger partial charge in [0.2, 0.25) is 5.95 Å². The zero-order chi connectivity index (χ0) is 14.0. The van der Waals surface area contributed by atoms with Crippen LogP contribution in [0.4, 0.5) is 11.6 Å². The van der Waals surface area contributed by atoms with Crippen molar-refractivity contribution in [3.8, 4) is 5.88 Å². The number of nitrogens with zero attached hydrogens (tertiary/aromatic N) is 3. The summed E-state index contributed by atoms with van der Waals surface area (Å²) in [6.45, 7) is 3.63. The van der Waals surface area contributed by atoms with Gasteiger partial charge in [-0.05, 0) is 32.1 Å². The summed E-state index contributed by atoms with van der Waals surface area (Å²) in [6, 6.07) is 0. The molecule has 7 heteroatoms. The average Bonchev–Trinajstić information content (AvgIpc) is 2.30. The fourth-order valence-corrected chi connectivity index (χ4v) is 2.45. The molecule has 1 aliphatic carbocycles. The SMILES string of the molecule is Cc1nc(N)nc(OC2CCCCC2C)c1[N+](=O)[O-]. The predicted octanol–water partition coefficient (Wildman–Crippen LogP) is 2.23. The molecule has 7 nitrogen and oxygen atoms in total. The van der Waals surface area contributed by atoms with E-state index in [-0.39, 0.29) is 29.3 Å². The van der Waals surface area contributed by atoms with E-state index in [0.717, 1.165) is 19.3 Å². The zero-order valence-corrected chi connectivity index (χ0v) is 11.1. The minimum atomic E-state index is -0.516. The lowest BCUT2D eigenvalue weighted by Crippen LogP contribution is -2.29. The lowest BCUT2D eigenvalue weighted by molar-refractivity contribution is -0.387. The molecule has 2 rings (SSSR count). The van der Waals surface area contributed by atoms with E-state index >= 15 is 0 Å². The van der Waals surface area contributed by atoms with Gasteiger partial charge in [0, 0.05) is 0 Å². The first kappa shape index (κ1) is 13.5. The second-order valence-corrected chi connectivity index (χ2v) is 5.00. The molecule has 0 aliphatic heterocycles. The summed E-state index contributed by atoms with van der Waals surface area (Å²) in [7, 11) is 0. The van der Waals surface area contributed by atoms with Crippen LogP contribution in [0.25, 0.3) is 0 Å². The third-order valence-electron chi connectivity index (χ3n) is 3.52. The van der Waals surface area contributed by atoms with Gasteiger partial charge in [-0.2, -0.15) is 4.98 Å². The molecule has 1 heterocycles. The predicted molar refractivity (Wildman–Crippen MR) is 69.9 cm³/mol. The molecule has 0 aromatic carbocycles. The Morgan fingerprint density at radius 3 is 2.68 bits per heavy atom. The summed E-state index contributed by atoms with van der Waals surface area (Å²) in [5.74, 6) is 0.361. The Balaban J connectivity index is 2.30. The lowest BCUT2D eigenvalue weighted by Gasteiger charge is -2.28. The van der Waals surface area contributed by atoms with Crippen LogP contribution in [0.3, 0.4) is 0 Å². The molecule has 2 atom stereocenters. The number of anilines is 1. The molecule has 0 saturated heterocycles. The van der Waals surface area contributed by atoms with Crippen molar-refractivity contribution in [2.75, 3.05) is 5.73 Å². The molecule has 0 bridgehead atoms. The maximum Gasteiger partial charge on any atom is 0.352 e. The Kier molecular flexibility index (Phi) is 3.82. The van der Waals surface area contributed by atoms with Gasteiger partial charge in [-0.25, -0.2) is 4.98 Å². The van der Waals surface area contributed by atoms with Gasteiger partial charge in [-0.1, -0.05) is 13.3 Å². The number of aryl methyl sites for hydroxylation is 1. The highest BCUT2D eigenvalue weighted by Gasteiger charge is 2.29. The van der Waals surface area contributed by atoms with E-state index < -0.39 is 4.92 Å². The molecule has 1 fully saturated rings. The van der Waals surface area contributed by atoms with Crippen LogP contribution in [0.15, 0.2) is 0 Å². The number of hydrogen-bond donors (Lipinski definition) is 1. The van der Waals surface area contributed by atoms with Crippen molar-refractivity contribution >= 4 is 11.6 Å². The van der Waals surface area contributed by atoms with E-state index in [1.165, 1.54) is 13.3 Å². The van der Waals surface area contributed by atoms with Gasteiger partial charge in [0.1, 0.15) is 11.8 Å². The van der Waals surface area contributed by atoms with Crippen LogP contribution in [-0.4, -0.2) is 21.0 Å². The highest BCUT2D eigenvalue weighted by molar-refractivity contribution is 5.47. The molecular formula is C12H18N4O3. The summed E-state index contributed by atoms with van der Waals surface area (Å²) in [6.07, 6.45) is 4.16. The number of aromatic nitrogens is 2. The molecule has 19 heavy (non-hydrogen) atoms. The summed E-state index contributed by atoms with van der Waals surface area (Å²) in [4.78, 5) is 18.3. The number of nitrogens with two attached hydrogens (primary N) is 1. The van der Waals surface area contributed by atoms with Crippen LogP contribution in [0.2, 0.25) is 0 Å². The number of nitrogen functional groups attached to an aromatic ring is 1. The molecule has 1 aromatic rings. The largest absolute Gasteiger partial charge is 0.469 e. The normalized spacial score (nSPS) is 23.1. The fraction of sp³-hybridized carbons (Fsp3) is 0.667. The van der Waals surface area contributed by atoms with Crippen LogP contribution in [-0.2, 0) is 0 Å². The van der Waals surface area contributed by atoms with E-state index in [4.69, 9.17) is 10.5 Å². The molecule has 104 valence electrons. The van der Waals surface area contributed by atoms with Gasteiger partial charge in [-0.15, -0.1) is 0 Å². The Bertz CT molecular complexity index is 492. The standard InChI is InChI=1S/C12H18N4O3/c1-7-5-3-4-6-9(7)19-11-10(16(17)18)8(2)14-12(13)15-11/h7,9H,3-6H2,1-2H3,(H2,13,14,15). The van der Waals surface area contributed by atoms with E-state index in [2.05, 4.69) is 16.9 Å². The van der Waals surface area contributed by atoms with Crippen molar-refractivity contribution in [3.63, 3.8) is 0 Å². The molecule has 1 aliphatic rings. The minimum Gasteiger partial charge on any atom is -0.469 e. The number of rotatable bonds is 3. The second-order valence-electron chi connectivity index (χ2n) is 5.00. The zero-order valence-electron chi connectivity index (χ0n) is 11.1. The van der Waals surface area contributed by atoms with E-state index in [1.807, 2.05) is 0 Å². The third-order valence-corrected chi connectivity index (χ3v) is 3.52. The smallest absolute Gasteiger partial charge is 0.352 e. The number of hydrogen-bond acceptors (Lipinski definition) is 6. The van der Waals surface area contributed by atoms with E-state index in [1.54, 1.807) is 0 Å². The first-order valence-electron chi connectivity index (χ1n) is 6.44. The van der Waals surface area contributed by atoms with Crippen molar-refractivity contribution in [3.05, 3.63) is 15.8 Å². The summed E-state index contributed by atoms with van der Waals surface area (Å²) in [5.41, 5.74) is 5.59. The number of nitro groups is 1. The Morgan fingerprint density at radius 2 is 2.05 bits per heavy atom. The van der Waals surface area contributed by atoms with Crippen molar-refractivity contribution in [1.29, 1.82) is 0 Å².